The molecule has 1 rings (SSSR count). The van der Waals surface area contributed by atoms with Crippen molar-refractivity contribution in [3.8, 4) is 0 Å². The molecule has 0 saturated carbocycles. The molecule has 0 spiro atoms. The number of nitrogens with one attached hydrogen (secondary N) is 2. The van der Waals surface area contributed by atoms with E-state index in [1.54, 1.807) is 0 Å². The third kappa shape index (κ3) is 4.49. The molecule has 2 N–H and O–H groups in total. The standard InChI is InChI=1S/C12H24N2O2/c1-8(2)13-7-10-5-6-11(14-10)12(15)16-9(3)4/h8-11,13-14H,5-7H2,1-4H3. The number of hydrogen-bond acceptors (Lipinski definition) is 4. The van der Waals surface area contributed by atoms with Gasteiger partial charge >= 0.3 is 5.97 Å². The summed E-state index contributed by atoms with van der Waals surface area (Å²) in [6.45, 7) is 8.93. The Morgan fingerprint density at radius 3 is 2.62 bits per heavy atom. The topological polar surface area (TPSA) is 50.4 Å². The van der Waals surface area contributed by atoms with Gasteiger partial charge < -0.3 is 15.4 Å². The first-order valence-corrected chi connectivity index (χ1v) is 6.19. The molecular formula is C12H24N2O2. The van der Waals surface area contributed by atoms with E-state index in [0.29, 0.717) is 12.1 Å². The van der Waals surface area contributed by atoms with Crippen LogP contribution >= 0.6 is 0 Å². The Balaban J connectivity index is 2.26. The summed E-state index contributed by atoms with van der Waals surface area (Å²) < 4.78 is 5.19. The molecule has 2 unspecified atom stereocenters. The molecule has 0 aromatic heterocycles. The molecule has 1 aliphatic rings. The van der Waals surface area contributed by atoms with E-state index in [1.807, 2.05) is 13.8 Å². The lowest BCUT2D eigenvalue weighted by Crippen LogP contribution is -2.43. The van der Waals surface area contributed by atoms with Crippen LogP contribution in [0.3, 0.4) is 0 Å². The fourth-order valence-electron chi connectivity index (χ4n) is 1.86. The molecule has 0 aromatic carbocycles. The van der Waals surface area contributed by atoms with Crippen molar-refractivity contribution >= 4 is 5.97 Å². The van der Waals surface area contributed by atoms with Crippen molar-refractivity contribution in [1.82, 2.24) is 10.6 Å². The fraction of sp³-hybridized carbons (Fsp3) is 0.917. The molecule has 1 saturated heterocycles. The van der Waals surface area contributed by atoms with Crippen LogP contribution < -0.4 is 10.6 Å². The predicted molar refractivity (Wildman–Crippen MR) is 64.3 cm³/mol. The molecular weight excluding hydrogens is 204 g/mol. The monoisotopic (exact) mass is 228 g/mol. The number of esters is 1. The second-order valence-electron chi connectivity index (χ2n) is 5.04. The van der Waals surface area contributed by atoms with Gasteiger partial charge in [-0.2, -0.15) is 0 Å². The maximum Gasteiger partial charge on any atom is 0.323 e. The Hall–Kier alpha value is -0.610. The second-order valence-corrected chi connectivity index (χ2v) is 5.04. The molecule has 0 radical (unpaired) electrons. The maximum absolute atomic E-state index is 11.6. The Kier molecular flexibility index (Phi) is 5.22. The Bertz CT molecular complexity index is 229. The minimum atomic E-state index is -0.110. The van der Waals surface area contributed by atoms with E-state index in [2.05, 4.69) is 24.5 Å². The third-order valence-corrected chi connectivity index (χ3v) is 2.65. The number of rotatable bonds is 5. The molecule has 0 aromatic rings. The first kappa shape index (κ1) is 13.5. The minimum Gasteiger partial charge on any atom is -0.462 e. The summed E-state index contributed by atoms with van der Waals surface area (Å²) in [4.78, 5) is 11.6. The van der Waals surface area contributed by atoms with E-state index in [1.165, 1.54) is 0 Å². The fourth-order valence-corrected chi connectivity index (χ4v) is 1.86. The van der Waals surface area contributed by atoms with Crippen molar-refractivity contribution in [1.29, 1.82) is 0 Å². The van der Waals surface area contributed by atoms with Crippen molar-refractivity contribution in [2.75, 3.05) is 6.54 Å². The minimum absolute atomic E-state index is 0.0258. The zero-order valence-corrected chi connectivity index (χ0v) is 10.7. The average Bonchev–Trinajstić information content (AvgIpc) is 2.61. The summed E-state index contributed by atoms with van der Waals surface area (Å²) in [5.41, 5.74) is 0. The molecule has 4 nitrogen and oxygen atoms in total. The van der Waals surface area contributed by atoms with Crippen LogP contribution in [-0.4, -0.2) is 36.7 Å². The summed E-state index contributed by atoms with van der Waals surface area (Å²) in [6.07, 6.45) is 1.90. The Morgan fingerprint density at radius 2 is 2.06 bits per heavy atom. The van der Waals surface area contributed by atoms with Gasteiger partial charge in [0.2, 0.25) is 0 Å². The highest BCUT2D eigenvalue weighted by atomic mass is 16.5. The quantitative estimate of drug-likeness (QED) is 0.691. The van der Waals surface area contributed by atoms with Crippen LogP contribution in [0, 0.1) is 0 Å². The molecule has 0 aliphatic carbocycles. The molecule has 16 heavy (non-hydrogen) atoms. The summed E-state index contributed by atoms with van der Waals surface area (Å²) >= 11 is 0. The summed E-state index contributed by atoms with van der Waals surface area (Å²) in [5.74, 6) is -0.109. The van der Waals surface area contributed by atoms with Crippen LogP contribution in [0.15, 0.2) is 0 Å². The largest absolute Gasteiger partial charge is 0.462 e. The van der Waals surface area contributed by atoms with E-state index >= 15 is 0 Å². The predicted octanol–water partition coefficient (Wildman–Crippen LogP) is 1.06. The third-order valence-electron chi connectivity index (χ3n) is 2.65. The zero-order valence-electron chi connectivity index (χ0n) is 10.7. The van der Waals surface area contributed by atoms with E-state index in [4.69, 9.17) is 4.74 Å². The molecule has 4 heteroatoms. The van der Waals surface area contributed by atoms with Crippen LogP contribution in [0.2, 0.25) is 0 Å². The average molecular weight is 228 g/mol. The molecule has 2 atom stereocenters. The van der Waals surface area contributed by atoms with Gasteiger partial charge in [0.25, 0.3) is 0 Å². The van der Waals surface area contributed by atoms with E-state index in [-0.39, 0.29) is 18.1 Å². The van der Waals surface area contributed by atoms with Crippen molar-refractivity contribution in [2.45, 2.75) is 64.8 Å². The number of hydrogen-bond donors (Lipinski definition) is 2. The van der Waals surface area contributed by atoms with Gasteiger partial charge in [0, 0.05) is 18.6 Å². The van der Waals surface area contributed by atoms with Gasteiger partial charge in [-0.25, -0.2) is 0 Å². The second kappa shape index (κ2) is 6.21. The molecule has 1 aliphatic heterocycles. The summed E-state index contributed by atoms with van der Waals surface area (Å²) in [6, 6.07) is 0.775. The lowest BCUT2D eigenvalue weighted by atomic mass is 10.2. The first-order chi connectivity index (χ1) is 7.49. The highest BCUT2D eigenvalue weighted by molar-refractivity contribution is 5.76. The van der Waals surface area contributed by atoms with Gasteiger partial charge in [0.1, 0.15) is 6.04 Å². The highest BCUT2D eigenvalue weighted by Gasteiger charge is 2.30. The van der Waals surface area contributed by atoms with Gasteiger partial charge in [-0.05, 0) is 26.7 Å². The van der Waals surface area contributed by atoms with Crippen molar-refractivity contribution in [3.05, 3.63) is 0 Å². The molecule has 1 heterocycles. The number of carbonyl (C=O) groups is 1. The van der Waals surface area contributed by atoms with E-state index in [9.17, 15) is 4.79 Å². The smallest absolute Gasteiger partial charge is 0.323 e. The Labute approximate surface area is 98.1 Å². The van der Waals surface area contributed by atoms with E-state index in [0.717, 1.165) is 19.4 Å². The van der Waals surface area contributed by atoms with Gasteiger partial charge in [-0.15, -0.1) is 0 Å². The van der Waals surface area contributed by atoms with Crippen LogP contribution in [0.25, 0.3) is 0 Å². The molecule has 0 bridgehead atoms. The number of carbonyl (C=O) groups excluding carboxylic acids is 1. The number of ether oxygens (including phenoxy) is 1. The van der Waals surface area contributed by atoms with Gasteiger partial charge in [0.15, 0.2) is 0 Å². The van der Waals surface area contributed by atoms with Gasteiger partial charge in [-0.1, -0.05) is 13.8 Å². The lowest BCUT2D eigenvalue weighted by molar-refractivity contribution is -0.149. The van der Waals surface area contributed by atoms with Gasteiger partial charge in [0.05, 0.1) is 6.10 Å². The Morgan fingerprint density at radius 1 is 1.38 bits per heavy atom. The summed E-state index contributed by atoms with van der Waals surface area (Å²) in [7, 11) is 0. The van der Waals surface area contributed by atoms with Gasteiger partial charge in [-0.3, -0.25) is 4.79 Å². The van der Waals surface area contributed by atoms with E-state index < -0.39 is 0 Å². The van der Waals surface area contributed by atoms with Crippen LogP contribution in [0.5, 0.6) is 0 Å². The normalized spacial score (nSPS) is 25.4. The summed E-state index contributed by atoms with van der Waals surface area (Å²) in [5, 5.41) is 6.69. The zero-order chi connectivity index (χ0) is 12.1. The maximum atomic E-state index is 11.6. The highest BCUT2D eigenvalue weighted by Crippen LogP contribution is 2.13. The van der Waals surface area contributed by atoms with Crippen LogP contribution in [0.4, 0.5) is 0 Å². The van der Waals surface area contributed by atoms with Crippen molar-refractivity contribution in [3.63, 3.8) is 0 Å². The molecule has 1 fully saturated rings. The molecule has 0 amide bonds. The van der Waals surface area contributed by atoms with Crippen molar-refractivity contribution in [2.24, 2.45) is 0 Å². The molecule has 94 valence electrons. The van der Waals surface area contributed by atoms with Crippen molar-refractivity contribution < 1.29 is 9.53 Å². The first-order valence-electron chi connectivity index (χ1n) is 6.19. The SMILES string of the molecule is CC(C)NCC1CCC(C(=O)OC(C)C)N1. The van der Waals surface area contributed by atoms with Crippen LogP contribution in [0.1, 0.15) is 40.5 Å². The van der Waals surface area contributed by atoms with Crippen LogP contribution in [-0.2, 0) is 9.53 Å². The lowest BCUT2D eigenvalue weighted by Gasteiger charge is -2.17.